The summed E-state index contributed by atoms with van der Waals surface area (Å²) in [4.78, 5) is 2.19. The normalized spacial score (nSPS) is 13.4. The monoisotopic (exact) mass is 391 g/mol. The zero-order valence-corrected chi connectivity index (χ0v) is 18.5. The Labute approximate surface area is 163 Å². The Kier molecular flexibility index (Phi) is 16.9. The van der Waals surface area contributed by atoms with E-state index in [1.807, 2.05) is 0 Å². The first-order valence-electron chi connectivity index (χ1n) is 11.0. The molecule has 0 saturated heterocycles. The average Bonchev–Trinajstić information content (AvgIpc) is 2.56. The molecule has 0 aliphatic carbocycles. The smallest absolute Gasteiger partial charge is 0.264 e. The highest BCUT2D eigenvalue weighted by atomic mass is 32.2. The van der Waals surface area contributed by atoms with E-state index in [9.17, 15) is 8.42 Å². The van der Waals surface area contributed by atoms with Gasteiger partial charge < -0.3 is 4.90 Å². The van der Waals surface area contributed by atoms with E-state index in [-0.39, 0.29) is 5.75 Å². The lowest BCUT2D eigenvalue weighted by Gasteiger charge is -2.24. The Hall–Kier alpha value is -0.130. The summed E-state index contributed by atoms with van der Waals surface area (Å²) in [7, 11) is 0.299. The molecule has 0 heterocycles. The van der Waals surface area contributed by atoms with Gasteiger partial charge in [0.2, 0.25) is 0 Å². The van der Waals surface area contributed by atoms with Crippen molar-refractivity contribution in [1.82, 2.24) is 4.90 Å². The van der Waals surface area contributed by atoms with Gasteiger partial charge >= 0.3 is 0 Å². The zero-order valence-electron chi connectivity index (χ0n) is 17.7. The third-order valence-electron chi connectivity index (χ3n) is 5.31. The van der Waals surface area contributed by atoms with Gasteiger partial charge in [-0.05, 0) is 33.4 Å². The number of rotatable bonds is 19. The van der Waals surface area contributed by atoms with Crippen molar-refractivity contribution in [2.75, 3.05) is 19.8 Å². The van der Waals surface area contributed by atoms with Gasteiger partial charge in [0.05, 0.1) is 5.75 Å². The van der Waals surface area contributed by atoms with Crippen LogP contribution in [0.3, 0.4) is 0 Å². The summed E-state index contributed by atoms with van der Waals surface area (Å²) >= 11 is 0. The van der Waals surface area contributed by atoms with Crippen molar-refractivity contribution < 1.29 is 13.0 Å². The predicted molar refractivity (Wildman–Crippen MR) is 113 cm³/mol. The maximum absolute atomic E-state index is 10.8. The topological polar surface area (TPSA) is 57.6 Å². The van der Waals surface area contributed by atoms with Crippen molar-refractivity contribution >= 4 is 10.1 Å². The summed E-state index contributed by atoms with van der Waals surface area (Å²) in [6.07, 6.45) is 20.2. The fourth-order valence-corrected chi connectivity index (χ4v) is 4.09. The third kappa shape index (κ3) is 18.7. The Morgan fingerprint density at radius 2 is 1.08 bits per heavy atom. The molecule has 0 aliphatic heterocycles. The SMILES string of the molecule is CCCCCCCCCCCCCCCC(CCCS(=O)(=O)O)N(C)C. The van der Waals surface area contributed by atoms with Gasteiger partial charge in [-0.15, -0.1) is 0 Å². The lowest BCUT2D eigenvalue weighted by atomic mass is 10.0. The average molecular weight is 392 g/mol. The van der Waals surface area contributed by atoms with Crippen LogP contribution in [0.1, 0.15) is 110 Å². The van der Waals surface area contributed by atoms with Crippen molar-refractivity contribution in [2.24, 2.45) is 0 Å². The van der Waals surface area contributed by atoms with E-state index in [0.29, 0.717) is 12.5 Å². The highest BCUT2D eigenvalue weighted by molar-refractivity contribution is 7.85. The third-order valence-corrected chi connectivity index (χ3v) is 6.12. The standard InChI is InChI=1S/C21H45NO3S/c1-4-5-6-7-8-9-10-11-12-13-14-15-16-18-21(22(2)3)19-17-20-26(23,24)25/h21H,4-20H2,1-3H3,(H,23,24,25). The second-order valence-electron chi connectivity index (χ2n) is 8.08. The first kappa shape index (κ1) is 25.9. The van der Waals surface area contributed by atoms with Gasteiger partial charge in [0.1, 0.15) is 0 Å². The molecule has 0 aromatic rings. The molecule has 1 N–H and O–H groups in total. The van der Waals surface area contributed by atoms with Crippen molar-refractivity contribution in [2.45, 2.75) is 116 Å². The summed E-state index contributed by atoms with van der Waals surface area (Å²) in [5.74, 6) is -0.115. The molecule has 5 heteroatoms. The minimum Gasteiger partial charge on any atom is -0.306 e. The van der Waals surface area contributed by atoms with E-state index < -0.39 is 10.1 Å². The Morgan fingerprint density at radius 3 is 1.46 bits per heavy atom. The lowest BCUT2D eigenvalue weighted by molar-refractivity contribution is 0.255. The van der Waals surface area contributed by atoms with E-state index in [1.165, 1.54) is 83.5 Å². The molecule has 0 radical (unpaired) electrons. The fraction of sp³-hybridized carbons (Fsp3) is 1.00. The van der Waals surface area contributed by atoms with Gasteiger partial charge in [-0.2, -0.15) is 8.42 Å². The summed E-state index contributed by atoms with van der Waals surface area (Å²) < 4.78 is 30.4. The molecule has 158 valence electrons. The molecular weight excluding hydrogens is 346 g/mol. The van der Waals surface area contributed by atoms with Crippen LogP contribution >= 0.6 is 0 Å². The van der Waals surface area contributed by atoms with Gasteiger partial charge in [-0.1, -0.05) is 90.4 Å². The van der Waals surface area contributed by atoms with E-state index in [0.717, 1.165) is 12.8 Å². The minimum absolute atomic E-state index is 0.115. The van der Waals surface area contributed by atoms with Crippen LogP contribution in [0, 0.1) is 0 Å². The van der Waals surface area contributed by atoms with Gasteiger partial charge in [0.25, 0.3) is 10.1 Å². The highest BCUT2D eigenvalue weighted by Gasteiger charge is 2.13. The largest absolute Gasteiger partial charge is 0.306 e. The number of unbranched alkanes of at least 4 members (excludes halogenated alkanes) is 12. The summed E-state index contributed by atoms with van der Waals surface area (Å²) in [5, 5.41) is 0. The summed E-state index contributed by atoms with van der Waals surface area (Å²) in [6.45, 7) is 2.27. The molecule has 0 saturated carbocycles. The van der Waals surface area contributed by atoms with Crippen LogP contribution < -0.4 is 0 Å². The van der Waals surface area contributed by atoms with Crippen LogP contribution in [0.15, 0.2) is 0 Å². The molecular formula is C21H45NO3S. The highest BCUT2D eigenvalue weighted by Crippen LogP contribution is 2.16. The second kappa shape index (κ2) is 17.0. The van der Waals surface area contributed by atoms with E-state index in [2.05, 4.69) is 25.9 Å². The molecule has 26 heavy (non-hydrogen) atoms. The maximum Gasteiger partial charge on any atom is 0.264 e. The summed E-state index contributed by atoms with van der Waals surface area (Å²) in [6, 6.07) is 0.421. The number of hydrogen-bond acceptors (Lipinski definition) is 3. The molecule has 0 aromatic carbocycles. The number of hydrogen-bond donors (Lipinski definition) is 1. The molecule has 4 nitrogen and oxygen atoms in total. The molecule has 0 amide bonds. The van der Waals surface area contributed by atoms with Crippen LogP contribution in [0.2, 0.25) is 0 Å². The summed E-state index contributed by atoms with van der Waals surface area (Å²) in [5.41, 5.74) is 0. The van der Waals surface area contributed by atoms with Gasteiger partial charge in [0.15, 0.2) is 0 Å². The van der Waals surface area contributed by atoms with Crippen molar-refractivity contribution in [3.63, 3.8) is 0 Å². The predicted octanol–water partition coefficient (Wildman–Crippen LogP) is 6.07. The zero-order chi connectivity index (χ0) is 19.7. The Bertz CT molecular complexity index is 396. The molecule has 0 aromatic heterocycles. The van der Waals surface area contributed by atoms with Crippen molar-refractivity contribution in [3.8, 4) is 0 Å². The van der Waals surface area contributed by atoms with E-state index >= 15 is 0 Å². The molecule has 0 spiro atoms. The fourth-order valence-electron chi connectivity index (χ4n) is 3.56. The lowest BCUT2D eigenvalue weighted by Crippen LogP contribution is -2.28. The minimum atomic E-state index is -3.81. The first-order valence-corrected chi connectivity index (χ1v) is 12.6. The molecule has 0 rings (SSSR count). The van der Waals surface area contributed by atoms with Gasteiger partial charge in [-0.25, -0.2) is 0 Å². The van der Waals surface area contributed by atoms with E-state index in [1.54, 1.807) is 0 Å². The van der Waals surface area contributed by atoms with Crippen LogP contribution in [-0.4, -0.2) is 43.8 Å². The molecule has 0 aliphatic rings. The molecule has 0 fully saturated rings. The van der Waals surface area contributed by atoms with Crippen molar-refractivity contribution in [3.05, 3.63) is 0 Å². The number of nitrogens with zero attached hydrogens (tertiary/aromatic N) is 1. The van der Waals surface area contributed by atoms with Gasteiger partial charge in [0, 0.05) is 6.04 Å². The van der Waals surface area contributed by atoms with Crippen molar-refractivity contribution in [1.29, 1.82) is 0 Å². The van der Waals surface area contributed by atoms with Gasteiger partial charge in [-0.3, -0.25) is 4.55 Å². The molecule has 1 atom stereocenters. The second-order valence-corrected chi connectivity index (χ2v) is 9.65. The molecule has 1 unspecified atom stereocenters. The first-order chi connectivity index (χ1) is 12.4. The van der Waals surface area contributed by atoms with Crippen LogP contribution in [-0.2, 0) is 10.1 Å². The Balaban J connectivity index is 3.47. The van der Waals surface area contributed by atoms with Crippen LogP contribution in [0.25, 0.3) is 0 Å². The quantitative estimate of drug-likeness (QED) is 0.214. The maximum atomic E-state index is 10.8. The Morgan fingerprint density at radius 1 is 0.692 bits per heavy atom. The van der Waals surface area contributed by atoms with Crippen LogP contribution in [0.5, 0.6) is 0 Å². The van der Waals surface area contributed by atoms with Crippen LogP contribution in [0.4, 0.5) is 0 Å². The molecule has 0 bridgehead atoms. The van der Waals surface area contributed by atoms with E-state index in [4.69, 9.17) is 4.55 Å².